The monoisotopic (exact) mass is 347 g/mol. The number of carbonyl (C=O) groups excluding carboxylic acids is 1. The second-order valence-corrected chi connectivity index (χ2v) is 6.55. The maximum Gasteiger partial charge on any atom is 0.273 e. The maximum atomic E-state index is 12.9. The molecule has 0 N–H and O–H groups in total. The normalized spacial score (nSPS) is 17.2. The van der Waals surface area contributed by atoms with Crippen LogP contribution in [0.25, 0.3) is 0 Å². The first-order valence-corrected chi connectivity index (χ1v) is 9.02. The van der Waals surface area contributed by atoms with Gasteiger partial charge in [-0.25, -0.2) is 4.98 Å². The van der Waals surface area contributed by atoms with Crippen LogP contribution in [0.1, 0.15) is 53.0 Å². The summed E-state index contributed by atoms with van der Waals surface area (Å²) in [5.41, 5.74) is 1.65. The molecule has 1 fully saturated rings. The fraction of sp³-hybridized carbons (Fsp3) is 0.286. The number of piperidine rings is 1. The number of likely N-dealkylation sites (tertiary alicyclic amines) is 1. The van der Waals surface area contributed by atoms with Gasteiger partial charge < -0.3 is 9.32 Å². The molecule has 2 aromatic heterocycles. The smallest absolute Gasteiger partial charge is 0.273 e. The van der Waals surface area contributed by atoms with E-state index in [2.05, 4.69) is 22.1 Å². The minimum absolute atomic E-state index is 0.0573. The summed E-state index contributed by atoms with van der Waals surface area (Å²) >= 11 is 0. The summed E-state index contributed by atoms with van der Waals surface area (Å²) in [5.74, 6) is 1.39. The Morgan fingerprint density at radius 1 is 1.08 bits per heavy atom. The molecule has 3 aromatic rings. The Labute approximate surface area is 152 Å². The van der Waals surface area contributed by atoms with Crippen LogP contribution < -0.4 is 0 Å². The standard InChI is InChI=1S/C21H21N3O2/c25-21(18-10-4-6-12-22-18)24-13-7-5-11-19(24)20-23-15-17(26-20)14-16-8-2-1-3-9-16/h1-4,6,8-10,12,15,19H,5,7,11,13-14H2. The zero-order valence-electron chi connectivity index (χ0n) is 14.5. The topological polar surface area (TPSA) is 59.2 Å². The summed E-state index contributed by atoms with van der Waals surface area (Å²) in [7, 11) is 0. The van der Waals surface area contributed by atoms with Crippen molar-refractivity contribution >= 4 is 5.91 Å². The Morgan fingerprint density at radius 2 is 1.92 bits per heavy atom. The van der Waals surface area contributed by atoms with Gasteiger partial charge in [-0.2, -0.15) is 0 Å². The SMILES string of the molecule is O=C(c1ccccn1)N1CCCCC1c1ncc(Cc2ccccc2)o1. The summed E-state index contributed by atoms with van der Waals surface area (Å²) in [6.07, 6.45) is 7.05. The van der Waals surface area contributed by atoms with Crippen LogP contribution in [0.5, 0.6) is 0 Å². The van der Waals surface area contributed by atoms with Gasteiger partial charge in [0.05, 0.1) is 6.20 Å². The van der Waals surface area contributed by atoms with Crippen molar-refractivity contribution in [3.63, 3.8) is 0 Å². The first-order chi connectivity index (χ1) is 12.8. The van der Waals surface area contributed by atoms with Crippen molar-refractivity contribution in [3.05, 3.63) is 83.8 Å². The summed E-state index contributed by atoms with van der Waals surface area (Å²) < 4.78 is 6.02. The molecule has 132 valence electrons. The molecule has 1 aliphatic rings. The van der Waals surface area contributed by atoms with E-state index in [9.17, 15) is 4.79 Å². The number of hydrogen-bond acceptors (Lipinski definition) is 4. The van der Waals surface area contributed by atoms with E-state index in [0.717, 1.165) is 25.0 Å². The number of carbonyl (C=O) groups is 1. The molecule has 0 saturated carbocycles. The molecule has 1 saturated heterocycles. The number of nitrogens with zero attached hydrogens (tertiary/aromatic N) is 3. The quantitative estimate of drug-likeness (QED) is 0.715. The van der Waals surface area contributed by atoms with Crippen molar-refractivity contribution in [3.8, 4) is 0 Å². The molecular formula is C21H21N3O2. The van der Waals surface area contributed by atoms with Gasteiger partial charge in [-0.05, 0) is 37.0 Å². The Kier molecular flexibility index (Phi) is 4.78. The van der Waals surface area contributed by atoms with Gasteiger partial charge in [0.25, 0.3) is 5.91 Å². The highest BCUT2D eigenvalue weighted by atomic mass is 16.4. The largest absolute Gasteiger partial charge is 0.443 e. The second-order valence-electron chi connectivity index (χ2n) is 6.55. The van der Waals surface area contributed by atoms with E-state index in [0.29, 0.717) is 24.6 Å². The van der Waals surface area contributed by atoms with Gasteiger partial charge in [0.1, 0.15) is 17.5 Å². The van der Waals surface area contributed by atoms with E-state index in [1.54, 1.807) is 18.5 Å². The van der Waals surface area contributed by atoms with Gasteiger partial charge in [0, 0.05) is 19.2 Å². The second kappa shape index (κ2) is 7.52. The highest BCUT2D eigenvalue weighted by molar-refractivity contribution is 5.92. The first kappa shape index (κ1) is 16.5. The Morgan fingerprint density at radius 3 is 2.73 bits per heavy atom. The molecule has 0 bridgehead atoms. The lowest BCUT2D eigenvalue weighted by Gasteiger charge is -2.33. The van der Waals surface area contributed by atoms with Gasteiger partial charge in [-0.15, -0.1) is 0 Å². The number of pyridine rings is 1. The summed E-state index contributed by atoms with van der Waals surface area (Å²) in [5, 5.41) is 0. The van der Waals surface area contributed by atoms with Crippen molar-refractivity contribution < 1.29 is 9.21 Å². The highest BCUT2D eigenvalue weighted by Gasteiger charge is 2.32. The van der Waals surface area contributed by atoms with E-state index < -0.39 is 0 Å². The molecular weight excluding hydrogens is 326 g/mol. The molecule has 1 atom stereocenters. The highest BCUT2D eigenvalue weighted by Crippen LogP contribution is 2.32. The Hall–Kier alpha value is -2.95. The predicted octanol–water partition coefficient (Wildman–Crippen LogP) is 4.03. The van der Waals surface area contributed by atoms with E-state index in [1.165, 1.54) is 5.56 Å². The van der Waals surface area contributed by atoms with Crippen LogP contribution in [0.4, 0.5) is 0 Å². The third-order valence-corrected chi connectivity index (χ3v) is 4.73. The van der Waals surface area contributed by atoms with Gasteiger partial charge in [-0.1, -0.05) is 36.4 Å². The molecule has 5 heteroatoms. The Balaban J connectivity index is 1.54. The number of benzene rings is 1. The van der Waals surface area contributed by atoms with Crippen LogP contribution in [-0.2, 0) is 6.42 Å². The van der Waals surface area contributed by atoms with Crippen molar-refractivity contribution in [2.45, 2.75) is 31.7 Å². The molecule has 0 radical (unpaired) electrons. The molecule has 1 aliphatic heterocycles. The fourth-order valence-corrected chi connectivity index (χ4v) is 3.42. The van der Waals surface area contributed by atoms with E-state index in [1.807, 2.05) is 35.2 Å². The Bertz CT molecular complexity index is 861. The number of rotatable bonds is 4. The molecule has 5 nitrogen and oxygen atoms in total. The van der Waals surface area contributed by atoms with Gasteiger partial charge in [-0.3, -0.25) is 9.78 Å². The maximum absolute atomic E-state index is 12.9. The molecule has 1 amide bonds. The van der Waals surface area contributed by atoms with E-state index >= 15 is 0 Å². The van der Waals surface area contributed by atoms with Crippen molar-refractivity contribution in [2.24, 2.45) is 0 Å². The molecule has 26 heavy (non-hydrogen) atoms. The van der Waals surface area contributed by atoms with Crippen LogP contribution >= 0.6 is 0 Å². The molecule has 3 heterocycles. The summed E-state index contributed by atoms with van der Waals surface area (Å²) in [6.45, 7) is 0.705. The van der Waals surface area contributed by atoms with Gasteiger partial charge >= 0.3 is 0 Å². The van der Waals surface area contributed by atoms with Crippen LogP contribution in [0, 0.1) is 0 Å². The molecule has 0 spiro atoms. The molecule has 4 rings (SSSR count). The predicted molar refractivity (Wildman–Crippen MR) is 97.6 cm³/mol. The van der Waals surface area contributed by atoms with Crippen LogP contribution in [0.2, 0.25) is 0 Å². The molecule has 0 aliphatic carbocycles. The van der Waals surface area contributed by atoms with Crippen LogP contribution in [-0.4, -0.2) is 27.3 Å². The average molecular weight is 347 g/mol. The average Bonchev–Trinajstić information content (AvgIpc) is 3.17. The first-order valence-electron chi connectivity index (χ1n) is 9.02. The number of hydrogen-bond donors (Lipinski definition) is 0. The van der Waals surface area contributed by atoms with Crippen molar-refractivity contribution in [1.82, 2.24) is 14.9 Å². The summed E-state index contributed by atoms with van der Waals surface area (Å²) in [4.78, 5) is 23.4. The third-order valence-electron chi connectivity index (χ3n) is 4.73. The number of amides is 1. The van der Waals surface area contributed by atoms with Crippen LogP contribution in [0.3, 0.4) is 0 Å². The van der Waals surface area contributed by atoms with Gasteiger partial charge in [0.15, 0.2) is 0 Å². The lowest BCUT2D eigenvalue weighted by molar-refractivity contribution is 0.0564. The molecule has 1 unspecified atom stereocenters. The van der Waals surface area contributed by atoms with Crippen LogP contribution in [0.15, 0.2) is 65.3 Å². The fourth-order valence-electron chi connectivity index (χ4n) is 3.42. The summed E-state index contributed by atoms with van der Waals surface area (Å²) in [6, 6.07) is 15.4. The van der Waals surface area contributed by atoms with Gasteiger partial charge in [0.2, 0.25) is 5.89 Å². The molecule has 1 aromatic carbocycles. The zero-order valence-corrected chi connectivity index (χ0v) is 14.5. The van der Waals surface area contributed by atoms with Crippen molar-refractivity contribution in [1.29, 1.82) is 0 Å². The minimum Gasteiger partial charge on any atom is -0.443 e. The number of oxazole rings is 1. The lowest BCUT2D eigenvalue weighted by Crippen LogP contribution is -2.39. The third kappa shape index (κ3) is 3.52. The number of aromatic nitrogens is 2. The zero-order chi connectivity index (χ0) is 17.8. The minimum atomic E-state index is -0.122. The van der Waals surface area contributed by atoms with E-state index in [4.69, 9.17) is 4.42 Å². The lowest BCUT2D eigenvalue weighted by atomic mass is 10.0. The van der Waals surface area contributed by atoms with Crippen molar-refractivity contribution in [2.75, 3.05) is 6.54 Å². The van der Waals surface area contributed by atoms with E-state index in [-0.39, 0.29) is 11.9 Å².